The van der Waals surface area contributed by atoms with E-state index in [9.17, 15) is 13.6 Å². The first-order chi connectivity index (χ1) is 17.9. The topological polar surface area (TPSA) is 100 Å². The van der Waals surface area contributed by atoms with Gasteiger partial charge in [0.05, 0.1) is 11.3 Å². The second kappa shape index (κ2) is 11.0. The molecule has 1 aliphatic rings. The van der Waals surface area contributed by atoms with Gasteiger partial charge in [0.15, 0.2) is 5.82 Å². The second-order valence-corrected chi connectivity index (χ2v) is 10.1. The smallest absolute Gasteiger partial charge is 0.337 e. The zero-order valence-corrected chi connectivity index (χ0v) is 22.0. The zero-order chi connectivity index (χ0) is 25.8. The van der Waals surface area contributed by atoms with Crippen molar-refractivity contribution in [2.24, 2.45) is 0 Å². The van der Waals surface area contributed by atoms with Crippen molar-refractivity contribution in [3.63, 3.8) is 0 Å². The van der Waals surface area contributed by atoms with Gasteiger partial charge in [-0.1, -0.05) is 12.5 Å². The van der Waals surface area contributed by atoms with Gasteiger partial charge in [0.1, 0.15) is 16.9 Å². The summed E-state index contributed by atoms with van der Waals surface area (Å²) in [6.45, 7) is 3.46. The molecule has 5 heterocycles. The number of pyridine rings is 2. The Kier molecular flexibility index (Phi) is 7.55. The Hall–Kier alpha value is -3.26. The zero-order valence-electron chi connectivity index (χ0n) is 19.9. The van der Waals surface area contributed by atoms with Gasteiger partial charge in [-0.2, -0.15) is 8.78 Å². The van der Waals surface area contributed by atoms with Crippen LogP contribution in [0.4, 0.5) is 20.3 Å². The number of hydrogen-bond donors (Lipinski definition) is 2. The Morgan fingerprint density at radius 1 is 1.08 bits per heavy atom. The highest BCUT2D eigenvalue weighted by Crippen LogP contribution is 2.34. The van der Waals surface area contributed by atoms with Crippen molar-refractivity contribution in [1.82, 2.24) is 34.8 Å². The number of piperidine rings is 1. The number of nitrogens with one attached hydrogen (secondary N) is 2. The molecule has 4 aromatic rings. The highest BCUT2D eigenvalue weighted by atomic mass is 127. The number of aromatic nitrogens is 5. The Morgan fingerprint density at radius 2 is 1.92 bits per heavy atom. The lowest BCUT2D eigenvalue weighted by Gasteiger charge is -2.26. The van der Waals surface area contributed by atoms with Crippen LogP contribution in [0, 0.1) is 0 Å². The van der Waals surface area contributed by atoms with Crippen LogP contribution in [-0.4, -0.2) is 61.6 Å². The van der Waals surface area contributed by atoms with Crippen molar-refractivity contribution in [3.05, 3.63) is 66.2 Å². The molecular weight excluding hydrogens is 593 g/mol. The monoisotopic (exact) mass is 618 g/mol. The summed E-state index contributed by atoms with van der Waals surface area (Å²) in [4.78, 5) is 28.1. The molecule has 5 rings (SSSR count). The van der Waals surface area contributed by atoms with Crippen LogP contribution < -0.4 is 10.6 Å². The minimum atomic E-state index is -3.13. The van der Waals surface area contributed by atoms with Gasteiger partial charge in [-0.25, -0.2) is 14.5 Å². The number of anilines is 2. The van der Waals surface area contributed by atoms with E-state index in [4.69, 9.17) is 0 Å². The third kappa shape index (κ3) is 6.01. The molecule has 0 spiro atoms. The van der Waals surface area contributed by atoms with Crippen molar-refractivity contribution in [2.75, 3.05) is 31.5 Å². The number of amides is 1. The largest absolute Gasteiger partial charge is 0.351 e. The summed E-state index contributed by atoms with van der Waals surface area (Å²) < 4.78 is 26.2. The highest BCUT2D eigenvalue weighted by molar-refractivity contribution is 14.1. The standard InChI is InChI=1S/C25H25F2IN8O/c26-25(27,28)21-8-4-6-19(31-21)22-33-23(20-7-5-14-36(20)34-22)32-18-9-10-29-16-17(18)24(37)30-11-15-35-12-2-1-3-13-35/h4-10,14,16H,1-3,11-13,15H2,(H,30,37)(H,29,32,33,34). The predicted molar refractivity (Wildman–Crippen MR) is 144 cm³/mol. The molecule has 0 aliphatic carbocycles. The van der Waals surface area contributed by atoms with E-state index in [-0.39, 0.29) is 23.1 Å². The summed E-state index contributed by atoms with van der Waals surface area (Å²) in [5, 5.41) is 10.6. The summed E-state index contributed by atoms with van der Waals surface area (Å²) in [5.74, 6) is 0.319. The molecule has 0 unspecified atom stereocenters. The number of carbonyl (C=O) groups excluding carboxylic acids is 1. The lowest BCUT2D eigenvalue weighted by atomic mass is 10.1. The minimum Gasteiger partial charge on any atom is -0.351 e. The van der Waals surface area contributed by atoms with Crippen LogP contribution in [0.3, 0.4) is 0 Å². The van der Waals surface area contributed by atoms with Crippen molar-refractivity contribution >= 4 is 45.5 Å². The van der Waals surface area contributed by atoms with E-state index in [1.54, 1.807) is 35.1 Å². The van der Waals surface area contributed by atoms with Gasteiger partial charge >= 0.3 is 3.93 Å². The third-order valence-corrected chi connectivity index (χ3v) is 6.69. The Labute approximate surface area is 225 Å². The average molecular weight is 618 g/mol. The van der Waals surface area contributed by atoms with E-state index < -0.39 is 3.93 Å². The van der Waals surface area contributed by atoms with Crippen LogP contribution in [0.5, 0.6) is 0 Å². The van der Waals surface area contributed by atoms with Crippen LogP contribution in [0.25, 0.3) is 17.0 Å². The maximum Gasteiger partial charge on any atom is 0.337 e. The number of likely N-dealkylation sites (tertiary alicyclic amines) is 1. The van der Waals surface area contributed by atoms with Crippen molar-refractivity contribution in [3.8, 4) is 11.5 Å². The number of hydrogen-bond acceptors (Lipinski definition) is 7. The molecular formula is C25H25F2IN8O. The lowest BCUT2D eigenvalue weighted by Crippen LogP contribution is -2.37. The minimum absolute atomic E-state index is 0.162. The van der Waals surface area contributed by atoms with Crippen LogP contribution in [0.2, 0.25) is 0 Å². The molecule has 0 radical (unpaired) electrons. The van der Waals surface area contributed by atoms with Gasteiger partial charge in [-0.3, -0.25) is 9.78 Å². The summed E-state index contributed by atoms with van der Waals surface area (Å²) in [6, 6.07) is 9.63. The molecule has 9 nitrogen and oxygen atoms in total. The molecule has 0 bridgehead atoms. The molecule has 37 heavy (non-hydrogen) atoms. The van der Waals surface area contributed by atoms with Crippen LogP contribution in [-0.2, 0) is 3.93 Å². The first-order valence-corrected chi connectivity index (χ1v) is 13.1. The number of carbonyl (C=O) groups is 1. The van der Waals surface area contributed by atoms with Gasteiger partial charge in [0, 0.05) is 54.3 Å². The molecule has 1 amide bonds. The Morgan fingerprint density at radius 3 is 2.73 bits per heavy atom. The number of alkyl halides is 3. The molecule has 12 heteroatoms. The number of nitrogens with zero attached hydrogens (tertiary/aromatic N) is 6. The van der Waals surface area contributed by atoms with Gasteiger partial charge < -0.3 is 15.5 Å². The molecule has 2 N–H and O–H groups in total. The molecule has 1 saturated heterocycles. The SMILES string of the molecule is O=C(NCCN1CCCCC1)c1cnccc1Nc1nc(-c2cccc(C(F)(F)I)n2)nn2cccc12. The lowest BCUT2D eigenvalue weighted by molar-refractivity contribution is 0.0947. The number of halogens is 3. The molecule has 0 saturated carbocycles. The first-order valence-electron chi connectivity index (χ1n) is 12.0. The number of rotatable bonds is 8. The third-order valence-electron chi connectivity index (χ3n) is 6.14. The number of fused-ring (bicyclic) bond motifs is 1. The van der Waals surface area contributed by atoms with Crippen molar-refractivity contribution in [2.45, 2.75) is 23.2 Å². The average Bonchev–Trinajstić information content (AvgIpc) is 3.38. The van der Waals surface area contributed by atoms with Gasteiger partial charge in [0.2, 0.25) is 5.82 Å². The van der Waals surface area contributed by atoms with E-state index in [0.29, 0.717) is 29.1 Å². The normalized spacial score (nSPS) is 14.6. The van der Waals surface area contributed by atoms with Crippen molar-refractivity contribution < 1.29 is 13.6 Å². The van der Waals surface area contributed by atoms with E-state index in [2.05, 4.69) is 35.6 Å². The molecule has 4 aromatic heterocycles. The van der Waals surface area contributed by atoms with E-state index in [0.717, 1.165) is 42.2 Å². The van der Waals surface area contributed by atoms with Crippen molar-refractivity contribution in [1.29, 1.82) is 0 Å². The Balaban J connectivity index is 1.40. The molecule has 1 fully saturated rings. The second-order valence-electron chi connectivity index (χ2n) is 8.73. The van der Waals surface area contributed by atoms with E-state index >= 15 is 0 Å². The molecule has 0 atom stereocenters. The quantitative estimate of drug-likeness (QED) is 0.220. The summed E-state index contributed by atoms with van der Waals surface area (Å²) in [6.07, 6.45) is 8.46. The van der Waals surface area contributed by atoms with Crippen LogP contribution >= 0.6 is 22.6 Å². The molecule has 192 valence electrons. The summed E-state index contributed by atoms with van der Waals surface area (Å²) in [5.41, 5.74) is 1.36. The predicted octanol–water partition coefficient (Wildman–Crippen LogP) is 4.63. The maximum absolute atomic E-state index is 13.9. The maximum atomic E-state index is 13.9. The van der Waals surface area contributed by atoms with E-state index in [1.807, 2.05) is 6.07 Å². The fraction of sp³-hybridized carbons (Fsp3) is 0.320. The fourth-order valence-electron chi connectivity index (χ4n) is 4.27. The van der Waals surface area contributed by atoms with Gasteiger partial charge in [-0.15, -0.1) is 5.10 Å². The summed E-state index contributed by atoms with van der Waals surface area (Å²) in [7, 11) is 0. The van der Waals surface area contributed by atoms with Gasteiger partial charge in [0.25, 0.3) is 5.91 Å². The van der Waals surface area contributed by atoms with Crippen LogP contribution in [0.15, 0.2) is 55.0 Å². The molecule has 0 aromatic carbocycles. The highest BCUT2D eigenvalue weighted by Gasteiger charge is 2.29. The summed E-state index contributed by atoms with van der Waals surface area (Å²) >= 11 is 1.04. The van der Waals surface area contributed by atoms with Gasteiger partial charge in [-0.05, 0) is 56.3 Å². The molecule has 1 aliphatic heterocycles. The first kappa shape index (κ1) is 25.4. The Bertz CT molecular complexity index is 1400. The fourth-order valence-corrected chi connectivity index (χ4v) is 4.57. The van der Waals surface area contributed by atoms with Crippen LogP contribution in [0.1, 0.15) is 35.3 Å². The van der Waals surface area contributed by atoms with E-state index in [1.165, 1.54) is 37.6 Å².